The molecule has 1 aromatic rings. The van der Waals surface area contributed by atoms with E-state index in [0.717, 1.165) is 24.5 Å². The number of rotatable bonds is 3. The normalized spacial score (nSPS) is 12.1. The number of hydrogen-bond donors (Lipinski definition) is 0. The Morgan fingerprint density at radius 1 is 1.21 bits per heavy atom. The maximum absolute atomic E-state index is 5.83. The highest BCUT2D eigenvalue weighted by atomic mass is 35.5. The number of hydrogen-bond acceptors (Lipinski definition) is 2. The molecule has 0 atom stereocenters. The Morgan fingerprint density at radius 3 is 2.21 bits per heavy atom. The second-order valence-electron chi connectivity index (χ2n) is 4.42. The van der Waals surface area contributed by atoms with Gasteiger partial charge in [0.25, 0.3) is 0 Å². The fourth-order valence-corrected chi connectivity index (χ4v) is 1.77. The molecule has 0 aliphatic rings. The van der Waals surface area contributed by atoms with Crippen LogP contribution in [0.2, 0.25) is 0 Å². The summed E-state index contributed by atoms with van der Waals surface area (Å²) in [6, 6.07) is 0. The molecule has 1 aromatic heterocycles. The molecule has 0 aliphatic carbocycles. The molecule has 1 rings (SSSR count). The third-order valence-corrected chi connectivity index (χ3v) is 2.30. The largest absolute Gasteiger partial charge is 0.309 e. The molecule has 14 heavy (non-hydrogen) atoms. The van der Waals surface area contributed by atoms with Gasteiger partial charge in [0.1, 0.15) is 11.6 Å². The van der Waals surface area contributed by atoms with E-state index in [0.29, 0.717) is 5.88 Å². The molecule has 0 radical (unpaired) electrons. The van der Waals surface area contributed by atoms with E-state index in [4.69, 9.17) is 11.6 Å². The molecule has 0 N–H and O–H groups in total. The lowest BCUT2D eigenvalue weighted by molar-refractivity contribution is 0.372. The standard InChI is InChI=1S/C10H18ClN3/c1-5-6-8-12-13-9(7-11)14(8)10(2,3)4/h5-7H2,1-4H3. The van der Waals surface area contributed by atoms with Crippen molar-refractivity contribution in [2.45, 2.75) is 52.0 Å². The summed E-state index contributed by atoms with van der Waals surface area (Å²) in [5, 5.41) is 8.27. The molecule has 80 valence electrons. The highest BCUT2D eigenvalue weighted by Gasteiger charge is 2.21. The van der Waals surface area contributed by atoms with Gasteiger partial charge in [-0.15, -0.1) is 21.8 Å². The van der Waals surface area contributed by atoms with Crippen molar-refractivity contribution < 1.29 is 0 Å². The summed E-state index contributed by atoms with van der Waals surface area (Å²) in [5.74, 6) is 2.33. The van der Waals surface area contributed by atoms with Gasteiger partial charge in [0.15, 0.2) is 0 Å². The minimum Gasteiger partial charge on any atom is -0.309 e. The van der Waals surface area contributed by atoms with Crippen molar-refractivity contribution in [2.75, 3.05) is 0 Å². The highest BCUT2D eigenvalue weighted by Crippen LogP contribution is 2.20. The molecular formula is C10H18ClN3. The van der Waals surface area contributed by atoms with Gasteiger partial charge in [-0.05, 0) is 27.2 Å². The molecular weight excluding hydrogens is 198 g/mol. The van der Waals surface area contributed by atoms with Gasteiger partial charge >= 0.3 is 0 Å². The number of nitrogens with zero attached hydrogens (tertiary/aromatic N) is 3. The molecule has 0 unspecified atom stereocenters. The van der Waals surface area contributed by atoms with Gasteiger partial charge in [0.05, 0.1) is 5.88 Å². The van der Waals surface area contributed by atoms with E-state index in [2.05, 4.69) is 42.5 Å². The summed E-state index contributed by atoms with van der Waals surface area (Å²) in [5.41, 5.74) is 0.0121. The average molecular weight is 216 g/mol. The zero-order valence-corrected chi connectivity index (χ0v) is 10.1. The van der Waals surface area contributed by atoms with Gasteiger partial charge in [0.2, 0.25) is 0 Å². The fraction of sp³-hybridized carbons (Fsp3) is 0.800. The average Bonchev–Trinajstić information content (AvgIpc) is 2.47. The van der Waals surface area contributed by atoms with E-state index in [1.54, 1.807) is 0 Å². The van der Waals surface area contributed by atoms with Crippen molar-refractivity contribution in [3.8, 4) is 0 Å². The lowest BCUT2D eigenvalue weighted by Gasteiger charge is -2.24. The molecule has 1 heterocycles. The van der Waals surface area contributed by atoms with Crippen LogP contribution in [0.1, 0.15) is 45.8 Å². The minimum absolute atomic E-state index is 0.0121. The Hall–Kier alpha value is -0.570. The van der Waals surface area contributed by atoms with E-state index in [-0.39, 0.29) is 5.54 Å². The second kappa shape index (κ2) is 4.30. The summed E-state index contributed by atoms with van der Waals surface area (Å²) in [4.78, 5) is 0. The van der Waals surface area contributed by atoms with Crippen LogP contribution < -0.4 is 0 Å². The molecule has 0 aliphatic heterocycles. The summed E-state index contributed by atoms with van der Waals surface area (Å²) < 4.78 is 2.14. The van der Waals surface area contributed by atoms with Crippen LogP contribution in [0.5, 0.6) is 0 Å². The van der Waals surface area contributed by atoms with Gasteiger partial charge < -0.3 is 4.57 Å². The highest BCUT2D eigenvalue weighted by molar-refractivity contribution is 6.16. The molecule has 0 spiro atoms. The number of halogens is 1. The van der Waals surface area contributed by atoms with Gasteiger partial charge in [-0.25, -0.2) is 0 Å². The van der Waals surface area contributed by atoms with Crippen LogP contribution in [0.15, 0.2) is 0 Å². The molecule has 0 fully saturated rings. The lowest BCUT2D eigenvalue weighted by Crippen LogP contribution is -2.26. The van der Waals surface area contributed by atoms with Crippen LogP contribution in [-0.2, 0) is 17.8 Å². The third kappa shape index (κ3) is 2.27. The van der Waals surface area contributed by atoms with E-state index >= 15 is 0 Å². The lowest BCUT2D eigenvalue weighted by atomic mass is 10.1. The van der Waals surface area contributed by atoms with Crippen molar-refractivity contribution in [2.24, 2.45) is 0 Å². The maximum Gasteiger partial charge on any atom is 0.148 e. The predicted molar refractivity (Wildman–Crippen MR) is 58.6 cm³/mol. The molecule has 0 bridgehead atoms. The van der Waals surface area contributed by atoms with Gasteiger partial charge in [-0.1, -0.05) is 6.92 Å². The Morgan fingerprint density at radius 2 is 1.79 bits per heavy atom. The molecule has 0 saturated carbocycles. The van der Waals surface area contributed by atoms with Crippen molar-refractivity contribution in [1.29, 1.82) is 0 Å². The van der Waals surface area contributed by atoms with Crippen LogP contribution in [0.3, 0.4) is 0 Å². The number of alkyl halides is 1. The Bertz CT molecular complexity index is 299. The molecule has 4 heteroatoms. The maximum atomic E-state index is 5.83. The van der Waals surface area contributed by atoms with Crippen LogP contribution >= 0.6 is 11.6 Å². The Labute approximate surface area is 90.5 Å². The minimum atomic E-state index is 0.0121. The van der Waals surface area contributed by atoms with Crippen molar-refractivity contribution in [1.82, 2.24) is 14.8 Å². The van der Waals surface area contributed by atoms with E-state index in [9.17, 15) is 0 Å². The summed E-state index contributed by atoms with van der Waals surface area (Å²) >= 11 is 5.83. The molecule has 3 nitrogen and oxygen atoms in total. The van der Waals surface area contributed by atoms with Crippen LogP contribution in [0, 0.1) is 0 Å². The zero-order chi connectivity index (χ0) is 10.8. The van der Waals surface area contributed by atoms with Gasteiger partial charge in [-0.2, -0.15) is 0 Å². The van der Waals surface area contributed by atoms with E-state index in [1.165, 1.54) is 0 Å². The number of aryl methyl sites for hydroxylation is 1. The predicted octanol–water partition coefficient (Wildman–Crippen LogP) is 2.72. The SMILES string of the molecule is CCCc1nnc(CCl)n1C(C)(C)C. The molecule has 0 saturated heterocycles. The smallest absolute Gasteiger partial charge is 0.148 e. The topological polar surface area (TPSA) is 30.7 Å². The number of aromatic nitrogens is 3. The van der Waals surface area contributed by atoms with Crippen LogP contribution in [0.4, 0.5) is 0 Å². The zero-order valence-electron chi connectivity index (χ0n) is 9.34. The van der Waals surface area contributed by atoms with Crippen molar-refractivity contribution in [3.05, 3.63) is 11.6 Å². The summed E-state index contributed by atoms with van der Waals surface area (Å²) in [6.07, 6.45) is 2.04. The third-order valence-electron chi connectivity index (χ3n) is 2.06. The summed E-state index contributed by atoms with van der Waals surface area (Å²) in [7, 11) is 0. The van der Waals surface area contributed by atoms with E-state index in [1.807, 2.05) is 0 Å². The monoisotopic (exact) mass is 215 g/mol. The quantitative estimate of drug-likeness (QED) is 0.726. The van der Waals surface area contributed by atoms with E-state index < -0.39 is 0 Å². The summed E-state index contributed by atoms with van der Waals surface area (Å²) in [6.45, 7) is 8.57. The van der Waals surface area contributed by atoms with Gasteiger partial charge in [-0.3, -0.25) is 0 Å². The first-order valence-electron chi connectivity index (χ1n) is 5.00. The second-order valence-corrected chi connectivity index (χ2v) is 4.69. The Kier molecular flexibility index (Phi) is 3.53. The van der Waals surface area contributed by atoms with Crippen molar-refractivity contribution >= 4 is 11.6 Å². The first kappa shape index (κ1) is 11.5. The molecule has 0 amide bonds. The molecule has 0 aromatic carbocycles. The van der Waals surface area contributed by atoms with Crippen LogP contribution in [-0.4, -0.2) is 14.8 Å². The van der Waals surface area contributed by atoms with Gasteiger partial charge in [0, 0.05) is 12.0 Å². The Balaban J connectivity index is 3.13. The fourth-order valence-electron chi connectivity index (χ4n) is 1.60. The van der Waals surface area contributed by atoms with Crippen molar-refractivity contribution in [3.63, 3.8) is 0 Å². The van der Waals surface area contributed by atoms with Crippen LogP contribution in [0.25, 0.3) is 0 Å². The first-order valence-corrected chi connectivity index (χ1v) is 5.53. The first-order chi connectivity index (χ1) is 6.50.